The predicted octanol–water partition coefficient (Wildman–Crippen LogP) is 4.81. The van der Waals surface area contributed by atoms with Gasteiger partial charge in [0, 0.05) is 23.8 Å². The third-order valence-corrected chi connectivity index (χ3v) is 7.41. The Hall–Kier alpha value is -1.60. The molecule has 1 aliphatic rings. The van der Waals surface area contributed by atoms with Gasteiger partial charge in [-0.25, -0.2) is 8.42 Å². The van der Waals surface area contributed by atoms with Crippen molar-refractivity contribution in [1.82, 2.24) is 4.31 Å². The van der Waals surface area contributed by atoms with E-state index in [1.165, 1.54) is 24.3 Å². The number of hydrogen-bond donors (Lipinski definition) is 1. The Kier molecular flexibility index (Phi) is 6.11. The Bertz CT molecular complexity index is 946. The third-order valence-electron chi connectivity index (χ3n) is 4.64. The number of carbonyl (C=O) groups is 1. The maximum Gasteiger partial charge on any atom is 0.255 e. The molecule has 1 saturated heterocycles. The van der Waals surface area contributed by atoms with Crippen LogP contribution in [0.15, 0.2) is 47.4 Å². The summed E-state index contributed by atoms with van der Waals surface area (Å²) in [7, 11) is -3.55. The van der Waals surface area contributed by atoms with Crippen LogP contribution < -0.4 is 5.32 Å². The molecular formula is C19H20Cl2N2O3S. The quantitative estimate of drug-likeness (QED) is 0.762. The second kappa shape index (κ2) is 8.19. The SMILES string of the molecule is C[C@H]1CCCCN1S(=O)(=O)c1ccc(C(=O)Nc2ccc(Cl)c(Cl)c2)cc1. The number of anilines is 1. The molecule has 1 heterocycles. The number of sulfonamides is 1. The molecule has 1 atom stereocenters. The lowest BCUT2D eigenvalue weighted by atomic mass is 10.1. The van der Waals surface area contributed by atoms with E-state index in [4.69, 9.17) is 23.2 Å². The first kappa shape index (κ1) is 20.1. The summed E-state index contributed by atoms with van der Waals surface area (Å²) < 4.78 is 27.2. The van der Waals surface area contributed by atoms with E-state index in [0.717, 1.165) is 19.3 Å². The molecule has 144 valence electrons. The van der Waals surface area contributed by atoms with Gasteiger partial charge >= 0.3 is 0 Å². The number of carbonyl (C=O) groups excluding carboxylic acids is 1. The van der Waals surface area contributed by atoms with Crippen molar-refractivity contribution < 1.29 is 13.2 Å². The zero-order valence-corrected chi connectivity index (χ0v) is 17.1. The molecule has 27 heavy (non-hydrogen) atoms. The molecule has 1 fully saturated rings. The number of hydrogen-bond acceptors (Lipinski definition) is 3. The number of halogens is 2. The van der Waals surface area contributed by atoms with Gasteiger partial charge in [0.1, 0.15) is 0 Å². The highest BCUT2D eigenvalue weighted by molar-refractivity contribution is 7.89. The van der Waals surface area contributed by atoms with Gasteiger partial charge in [-0.1, -0.05) is 29.6 Å². The van der Waals surface area contributed by atoms with Crippen LogP contribution in [0, 0.1) is 0 Å². The fourth-order valence-electron chi connectivity index (χ4n) is 3.12. The van der Waals surface area contributed by atoms with Crippen molar-refractivity contribution in [1.29, 1.82) is 0 Å². The van der Waals surface area contributed by atoms with Gasteiger partial charge in [-0.05, 0) is 62.2 Å². The summed E-state index contributed by atoms with van der Waals surface area (Å²) >= 11 is 11.8. The summed E-state index contributed by atoms with van der Waals surface area (Å²) in [6, 6.07) is 10.7. The molecule has 0 aliphatic carbocycles. The molecule has 1 N–H and O–H groups in total. The zero-order chi connectivity index (χ0) is 19.6. The molecule has 3 rings (SSSR count). The lowest BCUT2D eigenvalue weighted by molar-refractivity contribution is 0.102. The van der Waals surface area contributed by atoms with Crippen molar-refractivity contribution in [2.75, 3.05) is 11.9 Å². The van der Waals surface area contributed by atoms with E-state index in [-0.39, 0.29) is 16.8 Å². The Labute approximate surface area is 169 Å². The van der Waals surface area contributed by atoms with Crippen molar-refractivity contribution in [3.05, 3.63) is 58.1 Å². The highest BCUT2D eigenvalue weighted by atomic mass is 35.5. The zero-order valence-electron chi connectivity index (χ0n) is 14.8. The average Bonchev–Trinajstić information content (AvgIpc) is 2.65. The summed E-state index contributed by atoms with van der Waals surface area (Å²) in [6.45, 7) is 2.46. The van der Waals surface area contributed by atoms with Crippen LogP contribution in [-0.4, -0.2) is 31.2 Å². The molecule has 0 unspecified atom stereocenters. The second-order valence-electron chi connectivity index (χ2n) is 6.57. The molecule has 0 bridgehead atoms. The Morgan fingerprint density at radius 1 is 1.07 bits per heavy atom. The molecule has 5 nitrogen and oxygen atoms in total. The van der Waals surface area contributed by atoms with E-state index in [1.807, 2.05) is 6.92 Å². The van der Waals surface area contributed by atoms with Crippen LogP contribution in [0.3, 0.4) is 0 Å². The lowest BCUT2D eigenvalue weighted by Crippen LogP contribution is -2.41. The fourth-order valence-corrected chi connectivity index (χ4v) is 5.12. The van der Waals surface area contributed by atoms with Gasteiger partial charge in [-0.3, -0.25) is 4.79 Å². The number of nitrogens with zero attached hydrogens (tertiary/aromatic N) is 1. The predicted molar refractivity (Wildman–Crippen MR) is 108 cm³/mol. The average molecular weight is 427 g/mol. The number of amides is 1. The minimum Gasteiger partial charge on any atom is -0.322 e. The standard InChI is InChI=1S/C19H20Cl2N2O3S/c1-13-4-2-3-11-23(13)27(25,26)16-8-5-14(6-9-16)19(24)22-15-7-10-17(20)18(21)12-15/h5-10,12-13H,2-4,11H2,1H3,(H,22,24)/t13-/m0/s1. The summed E-state index contributed by atoms with van der Waals surface area (Å²) in [6.07, 6.45) is 2.78. The van der Waals surface area contributed by atoms with E-state index in [2.05, 4.69) is 5.32 Å². The van der Waals surface area contributed by atoms with Crippen LogP contribution in [0.25, 0.3) is 0 Å². The summed E-state index contributed by atoms with van der Waals surface area (Å²) in [5, 5.41) is 3.45. The van der Waals surface area contributed by atoms with Crippen LogP contribution >= 0.6 is 23.2 Å². The molecule has 8 heteroatoms. The smallest absolute Gasteiger partial charge is 0.255 e. The topological polar surface area (TPSA) is 66.5 Å². The van der Waals surface area contributed by atoms with Gasteiger partial charge in [-0.15, -0.1) is 0 Å². The monoisotopic (exact) mass is 426 g/mol. The van der Waals surface area contributed by atoms with Crippen molar-refractivity contribution in [3.63, 3.8) is 0 Å². The molecule has 0 spiro atoms. The molecular weight excluding hydrogens is 407 g/mol. The maximum atomic E-state index is 12.8. The van der Waals surface area contributed by atoms with Gasteiger partial charge in [0.2, 0.25) is 10.0 Å². The molecule has 1 amide bonds. The maximum absolute atomic E-state index is 12.8. The van der Waals surface area contributed by atoms with Crippen LogP contribution in [0.2, 0.25) is 10.0 Å². The van der Waals surface area contributed by atoms with Crippen LogP contribution in [0.5, 0.6) is 0 Å². The van der Waals surface area contributed by atoms with Crippen LogP contribution in [0.1, 0.15) is 36.5 Å². The van der Waals surface area contributed by atoms with E-state index in [9.17, 15) is 13.2 Å². The molecule has 0 radical (unpaired) electrons. The van der Waals surface area contributed by atoms with E-state index in [1.54, 1.807) is 22.5 Å². The van der Waals surface area contributed by atoms with E-state index in [0.29, 0.717) is 27.8 Å². The highest BCUT2D eigenvalue weighted by Crippen LogP contribution is 2.27. The van der Waals surface area contributed by atoms with Crippen molar-refractivity contribution in [2.45, 2.75) is 37.1 Å². The molecule has 2 aromatic rings. The normalized spacial score (nSPS) is 18.3. The Morgan fingerprint density at radius 3 is 2.41 bits per heavy atom. The highest BCUT2D eigenvalue weighted by Gasteiger charge is 2.30. The number of rotatable bonds is 4. The molecule has 2 aromatic carbocycles. The number of nitrogens with one attached hydrogen (secondary N) is 1. The summed E-state index contributed by atoms with van der Waals surface area (Å²) in [5.74, 6) is -0.358. The molecule has 1 aliphatic heterocycles. The van der Waals surface area contributed by atoms with Gasteiger partial charge in [0.05, 0.1) is 14.9 Å². The van der Waals surface area contributed by atoms with Crippen LogP contribution in [0.4, 0.5) is 5.69 Å². The summed E-state index contributed by atoms with van der Waals surface area (Å²) in [4.78, 5) is 12.6. The van der Waals surface area contributed by atoms with E-state index < -0.39 is 10.0 Å². The van der Waals surface area contributed by atoms with Crippen molar-refractivity contribution >= 4 is 44.8 Å². The van der Waals surface area contributed by atoms with Gasteiger partial charge in [-0.2, -0.15) is 4.31 Å². The first-order valence-electron chi connectivity index (χ1n) is 8.67. The van der Waals surface area contributed by atoms with Gasteiger partial charge < -0.3 is 5.32 Å². The first-order chi connectivity index (χ1) is 12.8. The van der Waals surface area contributed by atoms with Crippen molar-refractivity contribution in [2.24, 2.45) is 0 Å². The van der Waals surface area contributed by atoms with Crippen LogP contribution in [-0.2, 0) is 10.0 Å². The Balaban J connectivity index is 1.76. The minimum absolute atomic E-state index is 0.0126. The Morgan fingerprint density at radius 2 is 1.78 bits per heavy atom. The fraction of sp³-hybridized carbons (Fsp3) is 0.316. The van der Waals surface area contributed by atoms with Crippen molar-refractivity contribution in [3.8, 4) is 0 Å². The molecule has 0 aromatic heterocycles. The van der Waals surface area contributed by atoms with Gasteiger partial charge in [0.25, 0.3) is 5.91 Å². The molecule has 0 saturated carbocycles. The third kappa shape index (κ3) is 4.46. The number of benzene rings is 2. The van der Waals surface area contributed by atoms with E-state index >= 15 is 0 Å². The minimum atomic E-state index is -3.55. The summed E-state index contributed by atoms with van der Waals surface area (Å²) in [5.41, 5.74) is 0.861. The van der Waals surface area contributed by atoms with Gasteiger partial charge in [0.15, 0.2) is 0 Å². The number of piperidine rings is 1. The second-order valence-corrected chi connectivity index (χ2v) is 9.27. The largest absolute Gasteiger partial charge is 0.322 e. The lowest BCUT2D eigenvalue weighted by Gasteiger charge is -2.32. The first-order valence-corrected chi connectivity index (χ1v) is 10.9.